The summed E-state index contributed by atoms with van der Waals surface area (Å²) in [5, 5.41) is 11.8. The molecule has 0 heterocycles. The van der Waals surface area contributed by atoms with Crippen LogP contribution >= 0.6 is 31.9 Å². The van der Waals surface area contributed by atoms with Crippen LogP contribution in [-0.4, -0.2) is 46.8 Å². The number of hydrogen-bond acceptors (Lipinski definition) is 7. The molecule has 0 aromatic heterocycles. The molecule has 0 aliphatic heterocycles. The number of nitrogens with one attached hydrogen (secondary N) is 1. The van der Waals surface area contributed by atoms with Gasteiger partial charge in [0.15, 0.2) is 23.0 Å². The fourth-order valence-electron chi connectivity index (χ4n) is 2.38. The highest BCUT2D eigenvalue weighted by Crippen LogP contribution is 2.36. The second kappa shape index (κ2) is 11.4. The Bertz CT molecular complexity index is 980. The number of nitrogens with two attached hydrogens (primary N) is 1. The third-order valence-corrected chi connectivity index (χ3v) is 4.85. The Balaban J connectivity index is 2.06. The van der Waals surface area contributed by atoms with E-state index < -0.39 is 0 Å². The third-order valence-electron chi connectivity index (χ3n) is 3.68. The Morgan fingerprint density at radius 3 is 1.80 bits per heavy atom. The number of guanidine groups is 1. The van der Waals surface area contributed by atoms with Gasteiger partial charge in [-0.25, -0.2) is 5.43 Å². The SMILES string of the molecule is COc1cc(C=NN=C(N)NN=Cc2cc(Br)c(OC)c(OC)c2)cc(Br)c1OC. The lowest BCUT2D eigenvalue weighted by molar-refractivity contribution is 0.353. The molecule has 11 heteroatoms. The molecule has 0 radical (unpaired) electrons. The highest BCUT2D eigenvalue weighted by Gasteiger charge is 2.10. The zero-order valence-electron chi connectivity index (χ0n) is 16.8. The summed E-state index contributed by atoms with van der Waals surface area (Å²) >= 11 is 6.85. The standard InChI is InChI=1S/C19H21Br2N5O4/c1-27-15-7-11(5-13(20)17(15)29-3)9-23-25-19(22)26-24-10-12-6-14(21)18(30-4)16(8-12)28-2/h5-10H,1-4H3,(H3,22,25,26). The predicted molar refractivity (Wildman–Crippen MR) is 124 cm³/mol. The van der Waals surface area contributed by atoms with E-state index in [1.165, 1.54) is 6.21 Å². The monoisotopic (exact) mass is 541 g/mol. The van der Waals surface area contributed by atoms with Gasteiger partial charge in [-0.15, -0.1) is 5.10 Å². The van der Waals surface area contributed by atoms with Gasteiger partial charge in [-0.05, 0) is 67.3 Å². The number of ether oxygens (including phenoxy) is 4. The highest BCUT2D eigenvalue weighted by molar-refractivity contribution is 9.11. The molecule has 9 nitrogen and oxygen atoms in total. The van der Waals surface area contributed by atoms with Gasteiger partial charge in [0.05, 0.1) is 49.8 Å². The Kier molecular flexibility index (Phi) is 8.93. The molecule has 2 aromatic carbocycles. The molecule has 160 valence electrons. The first-order chi connectivity index (χ1) is 14.4. The molecular weight excluding hydrogens is 522 g/mol. The van der Waals surface area contributed by atoms with Crippen molar-refractivity contribution in [1.29, 1.82) is 0 Å². The summed E-state index contributed by atoms with van der Waals surface area (Å²) in [6, 6.07) is 7.18. The van der Waals surface area contributed by atoms with Gasteiger partial charge in [0.2, 0.25) is 5.96 Å². The fourth-order valence-corrected chi connectivity index (χ4v) is 3.62. The van der Waals surface area contributed by atoms with Gasteiger partial charge in [0.25, 0.3) is 0 Å². The summed E-state index contributed by atoms with van der Waals surface area (Å²) in [4.78, 5) is 0. The maximum atomic E-state index is 5.77. The summed E-state index contributed by atoms with van der Waals surface area (Å²) in [5.41, 5.74) is 9.87. The van der Waals surface area contributed by atoms with E-state index in [0.717, 1.165) is 20.1 Å². The van der Waals surface area contributed by atoms with E-state index in [2.05, 4.69) is 52.6 Å². The van der Waals surface area contributed by atoms with Gasteiger partial charge in [0.1, 0.15) is 0 Å². The normalized spacial score (nSPS) is 11.7. The number of methoxy groups -OCH3 is 4. The number of hydrogen-bond donors (Lipinski definition) is 2. The zero-order valence-corrected chi connectivity index (χ0v) is 19.9. The highest BCUT2D eigenvalue weighted by atomic mass is 79.9. The van der Waals surface area contributed by atoms with Crippen LogP contribution in [0, 0.1) is 0 Å². The predicted octanol–water partition coefficient (Wildman–Crippen LogP) is 3.52. The smallest absolute Gasteiger partial charge is 0.234 e. The van der Waals surface area contributed by atoms with Crippen molar-refractivity contribution in [3.63, 3.8) is 0 Å². The van der Waals surface area contributed by atoms with Gasteiger partial charge >= 0.3 is 0 Å². The molecule has 2 aromatic rings. The molecule has 0 saturated heterocycles. The largest absolute Gasteiger partial charge is 0.493 e. The Hall–Kier alpha value is -2.79. The van der Waals surface area contributed by atoms with Crippen LogP contribution in [0.3, 0.4) is 0 Å². The van der Waals surface area contributed by atoms with Gasteiger partial charge in [-0.1, -0.05) is 0 Å². The van der Waals surface area contributed by atoms with Crippen molar-refractivity contribution in [2.24, 2.45) is 21.0 Å². The first-order valence-electron chi connectivity index (χ1n) is 8.42. The summed E-state index contributed by atoms with van der Waals surface area (Å²) in [7, 11) is 6.24. The van der Waals surface area contributed by atoms with Crippen LogP contribution in [0.15, 0.2) is 48.5 Å². The summed E-state index contributed by atoms with van der Waals surface area (Å²) < 4.78 is 22.6. The van der Waals surface area contributed by atoms with Gasteiger partial charge in [0, 0.05) is 0 Å². The molecule has 30 heavy (non-hydrogen) atoms. The minimum atomic E-state index is 0.0154. The lowest BCUT2D eigenvalue weighted by atomic mass is 10.2. The molecule has 0 saturated carbocycles. The van der Waals surface area contributed by atoms with E-state index in [1.54, 1.807) is 46.8 Å². The van der Waals surface area contributed by atoms with Crippen molar-refractivity contribution in [3.8, 4) is 23.0 Å². The molecule has 0 aliphatic rings. The van der Waals surface area contributed by atoms with Crippen LogP contribution in [0.1, 0.15) is 11.1 Å². The van der Waals surface area contributed by atoms with Crippen molar-refractivity contribution in [3.05, 3.63) is 44.3 Å². The number of rotatable bonds is 8. The quantitative estimate of drug-likeness (QED) is 0.300. The van der Waals surface area contributed by atoms with E-state index in [1.807, 2.05) is 12.1 Å². The van der Waals surface area contributed by atoms with Crippen LogP contribution < -0.4 is 30.1 Å². The number of nitrogens with zero attached hydrogens (tertiary/aromatic N) is 3. The average molecular weight is 543 g/mol. The van der Waals surface area contributed by atoms with Crippen molar-refractivity contribution in [2.45, 2.75) is 0 Å². The van der Waals surface area contributed by atoms with Gasteiger partial charge in [-0.3, -0.25) is 0 Å². The zero-order chi connectivity index (χ0) is 22.1. The molecule has 0 fully saturated rings. The van der Waals surface area contributed by atoms with E-state index in [4.69, 9.17) is 24.7 Å². The molecule has 0 atom stereocenters. The average Bonchev–Trinajstić information content (AvgIpc) is 2.72. The first-order valence-corrected chi connectivity index (χ1v) is 10.0. The van der Waals surface area contributed by atoms with E-state index >= 15 is 0 Å². The molecule has 0 aliphatic carbocycles. The maximum Gasteiger partial charge on any atom is 0.234 e. The first kappa shape index (κ1) is 23.5. The summed E-state index contributed by atoms with van der Waals surface area (Å²) in [6.07, 6.45) is 3.08. The van der Waals surface area contributed by atoms with E-state index in [9.17, 15) is 0 Å². The Labute approximate surface area is 191 Å². The molecule has 0 unspecified atom stereocenters. The van der Waals surface area contributed by atoms with Crippen molar-refractivity contribution in [1.82, 2.24) is 5.43 Å². The van der Waals surface area contributed by atoms with Crippen LogP contribution in [0.4, 0.5) is 0 Å². The fraction of sp³-hybridized carbons (Fsp3) is 0.211. The van der Waals surface area contributed by atoms with Gasteiger partial charge in [-0.2, -0.15) is 10.2 Å². The third kappa shape index (κ3) is 6.10. The number of hydrazone groups is 1. The Morgan fingerprint density at radius 2 is 1.33 bits per heavy atom. The second-order valence-corrected chi connectivity index (χ2v) is 7.28. The lowest BCUT2D eigenvalue weighted by Gasteiger charge is -2.10. The molecule has 0 amide bonds. The van der Waals surface area contributed by atoms with Gasteiger partial charge < -0.3 is 24.7 Å². The van der Waals surface area contributed by atoms with E-state index in [-0.39, 0.29) is 5.96 Å². The maximum absolute atomic E-state index is 5.77. The summed E-state index contributed by atoms with van der Waals surface area (Å²) in [5.74, 6) is 2.34. The van der Waals surface area contributed by atoms with Crippen LogP contribution in [-0.2, 0) is 0 Å². The molecule has 0 bridgehead atoms. The van der Waals surface area contributed by atoms with Crippen molar-refractivity contribution < 1.29 is 18.9 Å². The minimum Gasteiger partial charge on any atom is -0.493 e. The molecule has 0 spiro atoms. The number of halogens is 2. The molecule has 2 rings (SSSR count). The summed E-state index contributed by atoms with van der Waals surface area (Å²) in [6.45, 7) is 0. The van der Waals surface area contributed by atoms with Crippen LogP contribution in [0.25, 0.3) is 0 Å². The van der Waals surface area contributed by atoms with Crippen molar-refractivity contribution >= 4 is 50.2 Å². The molecular formula is C19H21Br2N5O4. The number of benzene rings is 2. The van der Waals surface area contributed by atoms with Crippen molar-refractivity contribution in [2.75, 3.05) is 28.4 Å². The Morgan fingerprint density at radius 1 is 0.833 bits per heavy atom. The minimum absolute atomic E-state index is 0.0154. The lowest BCUT2D eigenvalue weighted by Crippen LogP contribution is -2.26. The molecule has 3 N–H and O–H groups in total. The second-order valence-electron chi connectivity index (χ2n) is 5.58. The van der Waals surface area contributed by atoms with E-state index in [0.29, 0.717) is 23.0 Å². The van der Waals surface area contributed by atoms with Crippen LogP contribution in [0.5, 0.6) is 23.0 Å². The topological polar surface area (TPSA) is 112 Å². The van der Waals surface area contributed by atoms with Crippen LogP contribution in [0.2, 0.25) is 0 Å².